The number of carbonyl (C=O) groups excluding carboxylic acids is 2. The molecule has 1 aliphatic rings. The average Bonchev–Trinajstić information content (AvgIpc) is 3.15. The predicted molar refractivity (Wildman–Crippen MR) is 85.7 cm³/mol. The first-order valence-electron chi connectivity index (χ1n) is 6.81. The summed E-state index contributed by atoms with van der Waals surface area (Å²) in [5.41, 5.74) is 1.21. The van der Waals surface area contributed by atoms with Crippen LogP contribution in [0.15, 0.2) is 34.7 Å². The fourth-order valence-electron chi connectivity index (χ4n) is 2.04. The molecule has 1 saturated heterocycles. The Bertz CT molecular complexity index is 674. The molecular weight excluding hydrogens is 320 g/mol. The molecule has 2 N–H and O–H groups in total. The van der Waals surface area contributed by atoms with Crippen LogP contribution in [0, 0.1) is 0 Å². The Morgan fingerprint density at radius 1 is 1.36 bits per heavy atom. The van der Waals surface area contributed by atoms with Crippen molar-refractivity contribution in [3.63, 3.8) is 0 Å². The standard InChI is InChI=1S/C14H14N4O2S2/c19-11-7-6-10(15-11)12(20)16-13-17-18-14(22-13)21-8-9-4-2-1-3-5-9/h1-5,10H,6-8H2,(H,15,19)(H,16,17,20). The van der Waals surface area contributed by atoms with Gasteiger partial charge in [0, 0.05) is 12.2 Å². The van der Waals surface area contributed by atoms with E-state index >= 15 is 0 Å². The zero-order valence-corrected chi connectivity index (χ0v) is 13.2. The monoisotopic (exact) mass is 334 g/mol. The van der Waals surface area contributed by atoms with Gasteiger partial charge < -0.3 is 5.32 Å². The summed E-state index contributed by atoms with van der Waals surface area (Å²) in [6.07, 6.45) is 0.922. The molecule has 0 spiro atoms. The fraction of sp³-hybridized carbons (Fsp3) is 0.286. The number of anilines is 1. The first-order valence-corrected chi connectivity index (χ1v) is 8.61. The normalized spacial score (nSPS) is 17.3. The maximum absolute atomic E-state index is 12.0. The van der Waals surface area contributed by atoms with Gasteiger partial charge in [0.15, 0.2) is 4.34 Å². The number of thioether (sulfide) groups is 1. The van der Waals surface area contributed by atoms with Gasteiger partial charge in [-0.3, -0.25) is 14.9 Å². The third-order valence-corrected chi connectivity index (χ3v) is 5.20. The number of carbonyl (C=O) groups is 2. The van der Waals surface area contributed by atoms with Gasteiger partial charge >= 0.3 is 0 Å². The van der Waals surface area contributed by atoms with Crippen molar-refractivity contribution in [3.05, 3.63) is 35.9 Å². The second kappa shape index (κ2) is 6.89. The van der Waals surface area contributed by atoms with Crippen LogP contribution in [0.1, 0.15) is 18.4 Å². The minimum atomic E-state index is -0.461. The SMILES string of the molecule is O=C1CCC(C(=O)Nc2nnc(SCc3ccccc3)s2)N1. The van der Waals surface area contributed by atoms with Crippen molar-refractivity contribution in [1.82, 2.24) is 15.5 Å². The summed E-state index contributed by atoms with van der Waals surface area (Å²) in [7, 11) is 0. The molecule has 1 aromatic carbocycles. The molecule has 6 nitrogen and oxygen atoms in total. The van der Waals surface area contributed by atoms with Gasteiger partial charge in [0.1, 0.15) is 6.04 Å². The van der Waals surface area contributed by atoms with Crippen LogP contribution >= 0.6 is 23.1 Å². The molecule has 8 heteroatoms. The van der Waals surface area contributed by atoms with E-state index < -0.39 is 6.04 Å². The molecule has 1 fully saturated rings. The quantitative estimate of drug-likeness (QED) is 0.646. The highest BCUT2D eigenvalue weighted by Crippen LogP contribution is 2.28. The number of aromatic nitrogens is 2. The summed E-state index contributed by atoms with van der Waals surface area (Å²) in [4.78, 5) is 23.1. The summed E-state index contributed by atoms with van der Waals surface area (Å²) >= 11 is 2.91. The summed E-state index contributed by atoms with van der Waals surface area (Å²) in [5.74, 6) is 0.486. The molecule has 1 aromatic heterocycles. The van der Waals surface area contributed by atoms with E-state index in [1.165, 1.54) is 16.9 Å². The predicted octanol–water partition coefficient (Wildman–Crippen LogP) is 2.05. The van der Waals surface area contributed by atoms with E-state index in [9.17, 15) is 9.59 Å². The highest BCUT2D eigenvalue weighted by atomic mass is 32.2. The number of amides is 2. The Kier molecular flexibility index (Phi) is 4.69. The Balaban J connectivity index is 1.52. The number of nitrogens with zero attached hydrogens (tertiary/aromatic N) is 2. The van der Waals surface area contributed by atoms with E-state index in [1.54, 1.807) is 11.8 Å². The Morgan fingerprint density at radius 3 is 2.91 bits per heavy atom. The fourth-order valence-corrected chi connectivity index (χ4v) is 3.75. The number of hydrogen-bond acceptors (Lipinski definition) is 6. The van der Waals surface area contributed by atoms with Gasteiger partial charge in [-0.25, -0.2) is 0 Å². The van der Waals surface area contributed by atoms with E-state index in [-0.39, 0.29) is 11.8 Å². The van der Waals surface area contributed by atoms with Gasteiger partial charge in [-0.1, -0.05) is 53.4 Å². The van der Waals surface area contributed by atoms with Crippen LogP contribution in [0.5, 0.6) is 0 Å². The highest BCUT2D eigenvalue weighted by molar-refractivity contribution is 8.00. The number of nitrogens with one attached hydrogen (secondary N) is 2. The van der Waals surface area contributed by atoms with Crippen LogP contribution in [-0.2, 0) is 15.3 Å². The summed E-state index contributed by atoms with van der Waals surface area (Å²) < 4.78 is 0.801. The molecular formula is C14H14N4O2S2. The van der Waals surface area contributed by atoms with E-state index in [0.29, 0.717) is 18.0 Å². The van der Waals surface area contributed by atoms with Gasteiger partial charge in [-0.05, 0) is 12.0 Å². The van der Waals surface area contributed by atoms with Gasteiger partial charge in [0.2, 0.25) is 16.9 Å². The number of rotatable bonds is 5. The number of hydrogen-bond donors (Lipinski definition) is 2. The lowest BCUT2D eigenvalue weighted by atomic mass is 10.2. The average molecular weight is 334 g/mol. The molecule has 1 aliphatic heterocycles. The second-order valence-corrected chi connectivity index (χ2v) is 7.00. The Morgan fingerprint density at radius 2 is 2.18 bits per heavy atom. The molecule has 0 radical (unpaired) electrons. The van der Waals surface area contributed by atoms with Crippen molar-refractivity contribution in [1.29, 1.82) is 0 Å². The Hall–Kier alpha value is -1.93. The summed E-state index contributed by atoms with van der Waals surface area (Å²) in [6.45, 7) is 0. The van der Waals surface area contributed by atoms with Crippen LogP contribution in [0.4, 0.5) is 5.13 Å². The molecule has 1 unspecified atom stereocenters. The third-order valence-electron chi connectivity index (χ3n) is 3.15. The highest BCUT2D eigenvalue weighted by Gasteiger charge is 2.27. The molecule has 3 rings (SSSR count). The van der Waals surface area contributed by atoms with Crippen molar-refractivity contribution in [2.24, 2.45) is 0 Å². The molecule has 114 valence electrons. The van der Waals surface area contributed by atoms with Gasteiger partial charge in [0.25, 0.3) is 0 Å². The van der Waals surface area contributed by atoms with E-state index in [2.05, 4.69) is 33.0 Å². The molecule has 2 heterocycles. The zero-order chi connectivity index (χ0) is 15.4. The second-order valence-electron chi connectivity index (χ2n) is 4.80. The largest absolute Gasteiger partial charge is 0.344 e. The zero-order valence-electron chi connectivity index (χ0n) is 11.6. The maximum Gasteiger partial charge on any atom is 0.248 e. The maximum atomic E-state index is 12.0. The molecule has 1 atom stereocenters. The third kappa shape index (κ3) is 3.83. The van der Waals surface area contributed by atoms with Crippen LogP contribution in [0.3, 0.4) is 0 Å². The number of benzene rings is 1. The summed E-state index contributed by atoms with van der Waals surface area (Å²) in [6, 6.07) is 9.62. The van der Waals surface area contributed by atoms with Crippen molar-refractivity contribution in [3.8, 4) is 0 Å². The van der Waals surface area contributed by atoms with Gasteiger partial charge in [-0.15, -0.1) is 10.2 Å². The van der Waals surface area contributed by atoms with Crippen molar-refractivity contribution < 1.29 is 9.59 Å². The van der Waals surface area contributed by atoms with Crippen LogP contribution in [0.2, 0.25) is 0 Å². The minimum Gasteiger partial charge on any atom is -0.344 e. The first kappa shape index (κ1) is 15.0. The van der Waals surface area contributed by atoms with Gasteiger partial charge in [-0.2, -0.15) is 0 Å². The van der Waals surface area contributed by atoms with Gasteiger partial charge in [0.05, 0.1) is 0 Å². The molecule has 2 aromatic rings. The molecule has 2 amide bonds. The van der Waals surface area contributed by atoms with Crippen molar-refractivity contribution in [2.75, 3.05) is 5.32 Å². The topological polar surface area (TPSA) is 84.0 Å². The lowest BCUT2D eigenvalue weighted by Crippen LogP contribution is -2.37. The molecule has 0 saturated carbocycles. The summed E-state index contributed by atoms with van der Waals surface area (Å²) in [5, 5.41) is 13.8. The lowest BCUT2D eigenvalue weighted by molar-refractivity contribution is -0.122. The lowest BCUT2D eigenvalue weighted by Gasteiger charge is -2.07. The van der Waals surface area contributed by atoms with Crippen molar-refractivity contribution >= 4 is 40.0 Å². The smallest absolute Gasteiger partial charge is 0.248 e. The van der Waals surface area contributed by atoms with E-state index in [1.807, 2.05) is 18.2 Å². The first-order chi connectivity index (χ1) is 10.7. The van der Waals surface area contributed by atoms with Crippen molar-refractivity contribution in [2.45, 2.75) is 29.0 Å². The molecule has 0 bridgehead atoms. The Labute approximate surface area is 135 Å². The minimum absolute atomic E-state index is 0.0866. The molecule has 0 aliphatic carbocycles. The van der Waals surface area contributed by atoms with Crippen LogP contribution in [0.25, 0.3) is 0 Å². The van der Waals surface area contributed by atoms with E-state index in [4.69, 9.17) is 0 Å². The van der Waals surface area contributed by atoms with E-state index in [0.717, 1.165) is 10.1 Å². The van der Waals surface area contributed by atoms with Crippen LogP contribution in [-0.4, -0.2) is 28.1 Å². The van der Waals surface area contributed by atoms with Crippen LogP contribution < -0.4 is 10.6 Å². The molecule has 22 heavy (non-hydrogen) atoms.